The average molecular weight is 207 g/mol. The second-order valence-electron chi connectivity index (χ2n) is 3.37. The van der Waals surface area contributed by atoms with Gasteiger partial charge in [-0.2, -0.15) is 0 Å². The van der Waals surface area contributed by atoms with Crippen LogP contribution in [0.3, 0.4) is 0 Å². The van der Waals surface area contributed by atoms with E-state index < -0.39 is 0 Å². The molecule has 3 nitrogen and oxygen atoms in total. The second-order valence-corrected chi connectivity index (χ2v) is 3.37. The molecular formula is C12H17NO2. The quantitative estimate of drug-likeness (QED) is 0.593. The summed E-state index contributed by atoms with van der Waals surface area (Å²) in [6.07, 6.45) is 0.578. The number of hydrogen-bond donors (Lipinski definition) is 1. The molecule has 82 valence electrons. The van der Waals surface area contributed by atoms with Gasteiger partial charge >= 0.3 is 5.97 Å². The first-order valence-electron chi connectivity index (χ1n) is 5.17. The summed E-state index contributed by atoms with van der Waals surface area (Å²) in [5.74, 6) is -0.248. The lowest BCUT2D eigenvalue weighted by Crippen LogP contribution is -2.32. The Morgan fingerprint density at radius 1 is 1.40 bits per heavy atom. The van der Waals surface area contributed by atoms with E-state index in [9.17, 15) is 4.79 Å². The van der Waals surface area contributed by atoms with E-state index in [0.29, 0.717) is 6.54 Å². The van der Waals surface area contributed by atoms with E-state index in [0.717, 1.165) is 6.42 Å². The highest BCUT2D eigenvalue weighted by Gasteiger charge is 2.07. The van der Waals surface area contributed by atoms with Gasteiger partial charge in [-0.05, 0) is 12.0 Å². The van der Waals surface area contributed by atoms with E-state index >= 15 is 0 Å². The van der Waals surface area contributed by atoms with E-state index in [1.165, 1.54) is 12.5 Å². The Morgan fingerprint density at radius 3 is 2.60 bits per heavy atom. The van der Waals surface area contributed by atoms with Crippen LogP contribution in [-0.2, 0) is 16.1 Å². The van der Waals surface area contributed by atoms with Gasteiger partial charge in [0.25, 0.3) is 0 Å². The summed E-state index contributed by atoms with van der Waals surface area (Å²) in [6.45, 7) is 4.12. The number of nitrogens with one attached hydrogen (secondary N) is 1. The molecule has 0 heterocycles. The first-order chi connectivity index (χ1) is 7.22. The third-order valence-corrected chi connectivity index (χ3v) is 2.06. The molecule has 0 amide bonds. The van der Waals surface area contributed by atoms with Crippen molar-refractivity contribution < 1.29 is 9.53 Å². The lowest BCUT2D eigenvalue weighted by molar-refractivity contribution is -0.148. The number of carbonyl (C=O) groups excluding carboxylic acids is 1. The van der Waals surface area contributed by atoms with Crippen LogP contribution in [0.25, 0.3) is 0 Å². The molecule has 1 N–H and O–H groups in total. The van der Waals surface area contributed by atoms with E-state index in [4.69, 9.17) is 4.74 Å². The molecule has 1 rings (SSSR count). The van der Waals surface area contributed by atoms with Crippen LogP contribution in [-0.4, -0.2) is 12.2 Å². The van der Waals surface area contributed by atoms with Gasteiger partial charge in [0, 0.05) is 13.5 Å². The second kappa shape index (κ2) is 6.19. The van der Waals surface area contributed by atoms with Crippen molar-refractivity contribution in [2.45, 2.75) is 33.0 Å². The summed E-state index contributed by atoms with van der Waals surface area (Å²) in [4.78, 5) is 10.8. The Morgan fingerprint density at radius 2 is 2.07 bits per heavy atom. The molecule has 0 bridgehead atoms. The third kappa shape index (κ3) is 4.61. The van der Waals surface area contributed by atoms with Crippen molar-refractivity contribution in [3.8, 4) is 0 Å². The van der Waals surface area contributed by atoms with Crippen molar-refractivity contribution in [2.75, 3.05) is 0 Å². The van der Waals surface area contributed by atoms with Gasteiger partial charge in [-0.1, -0.05) is 37.3 Å². The summed E-state index contributed by atoms with van der Waals surface area (Å²) in [5.41, 5.74) is 1.18. The molecule has 0 aliphatic carbocycles. The molecule has 0 aliphatic rings. The fourth-order valence-electron chi connectivity index (χ4n) is 1.30. The minimum absolute atomic E-state index is 0.192. The van der Waals surface area contributed by atoms with Gasteiger partial charge in [0.15, 0.2) is 6.23 Å². The summed E-state index contributed by atoms with van der Waals surface area (Å²) < 4.78 is 5.07. The minimum Gasteiger partial charge on any atom is -0.447 e. The molecule has 1 aromatic carbocycles. The zero-order valence-electron chi connectivity index (χ0n) is 9.19. The van der Waals surface area contributed by atoms with Crippen molar-refractivity contribution in [3.63, 3.8) is 0 Å². The molecule has 0 radical (unpaired) electrons. The van der Waals surface area contributed by atoms with Crippen molar-refractivity contribution in [1.29, 1.82) is 0 Å². The predicted octanol–water partition coefficient (Wildman–Crippen LogP) is 2.08. The molecule has 15 heavy (non-hydrogen) atoms. The molecule has 1 unspecified atom stereocenters. The lowest BCUT2D eigenvalue weighted by atomic mass is 10.2. The summed E-state index contributed by atoms with van der Waals surface area (Å²) in [6, 6.07) is 10.0. The molecular weight excluding hydrogens is 190 g/mol. The van der Waals surface area contributed by atoms with Gasteiger partial charge in [-0.15, -0.1) is 0 Å². The molecule has 1 atom stereocenters. The Kier molecular flexibility index (Phi) is 4.84. The SMILES string of the molecule is CCC(NCc1ccccc1)OC(C)=O. The number of hydrogen-bond acceptors (Lipinski definition) is 3. The number of rotatable bonds is 5. The van der Waals surface area contributed by atoms with Gasteiger partial charge < -0.3 is 4.74 Å². The Balaban J connectivity index is 2.37. The van der Waals surface area contributed by atoms with Gasteiger partial charge in [0.1, 0.15) is 0 Å². The monoisotopic (exact) mass is 207 g/mol. The van der Waals surface area contributed by atoms with Crippen LogP contribution < -0.4 is 5.32 Å². The third-order valence-electron chi connectivity index (χ3n) is 2.06. The maximum atomic E-state index is 10.8. The van der Waals surface area contributed by atoms with E-state index in [-0.39, 0.29) is 12.2 Å². The van der Waals surface area contributed by atoms with Gasteiger partial charge in [-0.3, -0.25) is 10.1 Å². The molecule has 3 heteroatoms. The van der Waals surface area contributed by atoms with E-state index in [1.807, 2.05) is 37.3 Å². The van der Waals surface area contributed by atoms with Crippen LogP contribution in [0.2, 0.25) is 0 Å². The summed E-state index contributed by atoms with van der Waals surface area (Å²) >= 11 is 0. The van der Waals surface area contributed by atoms with Crippen LogP contribution in [0, 0.1) is 0 Å². The zero-order valence-corrected chi connectivity index (χ0v) is 9.19. The van der Waals surface area contributed by atoms with Crippen molar-refractivity contribution >= 4 is 5.97 Å². The van der Waals surface area contributed by atoms with Gasteiger partial charge in [0.05, 0.1) is 0 Å². The highest BCUT2D eigenvalue weighted by molar-refractivity contribution is 5.66. The maximum Gasteiger partial charge on any atom is 0.304 e. The van der Waals surface area contributed by atoms with Crippen LogP contribution in [0.4, 0.5) is 0 Å². The standard InChI is InChI=1S/C12H17NO2/c1-3-12(15-10(2)14)13-9-11-7-5-4-6-8-11/h4-8,12-13H,3,9H2,1-2H3. The smallest absolute Gasteiger partial charge is 0.304 e. The Hall–Kier alpha value is -1.35. The van der Waals surface area contributed by atoms with Gasteiger partial charge in [0.2, 0.25) is 0 Å². The zero-order chi connectivity index (χ0) is 11.1. The fraction of sp³-hybridized carbons (Fsp3) is 0.417. The van der Waals surface area contributed by atoms with Crippen molar-refractivity contribution in [3.05, 3.63) is 35.9 Å². The predicted molar refractivity (Wildman–Crippen MR) is 59.1 cm³/mol. The largest absolute Gasteiger partial charge is 0.447 e. The van der Waals surface area contributed by atoms with Crippen LogP contribution in [0.1, 0.15) is 25.8 Å². The van der Waals surface area contributed by atoms with Crippen LogP contribution >= 0.6 is 0 Å². The normalized spacial score (nSPS) is 12.1. The molecule has 0 saturated carbocycles. The number of benzene rings is 1. The number of ether oxygens (including phenoxy) is 1. The van der Waals surface area contributed by atoms with E-state index in [2.05, 4.69) is 5.32 Å². The van der Waals surface area contributed by atoms with Crippen LogP contribution in [0.5, 0.6) is 0 Å². The summed E-state index contributed by atoms with van der Waals surface area (Å²) in [7, 11) is 0. The first-order valence-corrected chi connectivity index (χ1v) is 5.17. The summed E-state index contributed by atoms with van der Waals surface area (Å²) in [5, 5.41) is 3.17. The molecule has 0 spiro atoms. The molecule has 0 aliphatic heterocycles. The molecule has 1 aromatic rings. The highest BCUT2D eigenvalue weighted by Crippen LogP contribution is 2.00. The van der Waals surface area contributed by atoms with Crippen molar-refractivity contribution in [1.82, 2.24) is 5.32 Å². The molecule has 0 aromatic heterocycles. The Bertz CT molecular complexity index is 298. The number of carbonyl (C=O) groups is 1. The lowest BCUT2D eigenvalue weighted by Gasteiger charge is -2.16. The fourth-order valence-corrected chi connectivity index (χ4v) is 1.30. The minimum atomic E-state index is -0.248. The van der Waals surface area contributed by atoms with E-state index in [1.54, 1.807) is 0 Å². The maximum absolute atomic E-state index is 10.8. The molecule has 0 fully saturated rings. The van der Waals surface area contributed by atoms with Crippen LogP contribution in [0.15, 0.2) is 30.3 Å². The Labute approximate surface area is 90.4 Å². The number of esters is 1. The first kappa shape index (κ1) is 11.7. The average Bonchev–Trinajstić information content (AvgIpc) is 2.25. The van der Waals surface area contributed by atoms with Gasteiger partial charge in [-0.25, -0.2) is 0 Å². The molecule has 0 saturated heterocycles. The highest BCUT2D eigenvalue weighted by atomic mass is 16.6. The topological polar surface area (TPSA) is 38.3 Å². The van der Waals surface area contributed by atoms with Crippen molar-refractivity contribution in [2.24, 2.45) is 0 Å².